The SMILES string of the molecule is COc1cccc(-n2nnc(C(=O)Nc3ccccc3-n3cc(Br)cn3)c2C)c1. The highest BCUT2D eigenvalue weighted by Gasteiger charge is 2.19. The van der Waals surface area contributed by atoms with E-state index in [2.05, 4.69) is 36.7 Å². The van der Waals surface area contributed by atoms with Crippen LogP contribution in [-0.4, -0.2) is 37.8 Å². The van der Waals surface area contributed by atoms with Crippen LogP contribution in [0, 0.1) is 6.92 Å². The van der Waals surface area contributed by atoms with E-state index in [1.165, 1.54) is 0 Å². The number of nitrogens with zero attached hydrogens (tertiary/aromatic N) is 5. The van der Waals surface area contributed by atoms with Gasteiger partial charge in [-0.2, -0.15) is 5.10 Å². The molecule has 0 aliphatic heterocycles. The molecule has 2 heterocycles. The summed E-state index contributed by atoms with van der Waals surface area (Å²) < 4.78 is 9.38. The maximum absolute atomic E-state index is 12.9. The molecule has 0 aliphatic rings. The molecule has 1 N–H and O–H groups in total. The molecule has 0 aliphatic carbocycles. The summed E-state index contributed by atoms with van der Waals surface area (Å²) in [6.45, 7) is 1.80. The fraction of sp³-hybridized carbons (Fsp3) is 0.100. The highest BCUT2D eigenvalue weighted by atomic mass is 79.9. The summed E-state index contributed by atoms with van der Waals surface area (Å²) in [4.78, 5) is 12.9. The molecule has 2 aromatic carbocycles. The molecule has 1 amide bonds. The summed E-state index contributed by atoms with van der Waals surface area (Å²) >= 11 is 3.39. The number of para-hydroxylation sites is 2. The standard InChI is InChI=1S/C20H17BrN6O2/c1-13-19(24-25-27(13)15-6-5-7-16(10-15)29-2)20(28)23-17-8-3-4-9-18(17)26-12-14(21)11-22-26/h3-12H,1-2H3,(H,23,28). The monoisotopic (exact) mass is 452 g/mol. The second-order valence-corrected chi connectivity index (χ2v) is 7.13. The average Bonchev–Trinajstić information content (AvgIpc) is 3.34. The van der Waals surface area contributed by atoms with Gasteiger partial charge in [0, 0.05) is 12.3 Å². The van der Waals surface area contributed by atoms with Gasteiger partial charge in [-0.1, -0.05) is 23.4 Å². The quantitative estimate of drug-likeness (QED) is 0.497. The third-order valence-corrected chi connectivity index (χ3v) is 4.77. The zero-order valence-electron chi connectivity index (χ0n) is 15.7. The first-order chi connectivity index (χ1) is 14.1. The fourth-order valence-corrected chi connectivity index (χ4v) is 3.21. The Hall–Kier alpha value is -3.46. The van der Waals surface area contributed by atoms with E-state index in [1.807, 2.05) is 54.7 Å². The molecule has 0 spiro atoms. The summed E-state index contributed by atoms with van der Waals surface area (Å²) in [6.07, 6.45) is 3.50. The Morgan fingerprint density at radius 2 is 2.00 bits per heavy atom. The number of benzene rings is 2. The van der Waals surface area contributed by atoms with E-state index in [0.717, 1.165) is 15.8 Å². The minimum Gasteiger partial charge on any atom is -0.497 e. The maximum Gasteiger partial charge on any atom is 0.278 e. The molecule has 4 rings (SSSR count). The van der Waals surface area contributed by atoms with Gasteiger partial charge < -0.3 is 10.1 Å². The van der Waals surface area contributed by atoms with E-state index in [0.29, 0.717) is 17.1 Å². The van der Waals surface area contributed by atoms with Crippen LogP contribution in [-0.2, 0) is 0 Å². The Labute approximate surface area is 175 Å². The molecule has 8 nitrogen and oxygen atoms in total. The molecule has 0 saturated carbocycles. The van der Waals surface area contributed by atoms with Crippen LogP contribution in [0.25, 0.3) is 11.4 Å². The van der Waals surface area contributed by atoms with Crippen molar-refractivity contribution in [1.29, 1.82) is 0 Å². The second-order valence-electron chi connectivity index (χ2n) is 6.21. The smallest absolute Gasteiger partial charge is 0.278 e. The lowest BCUT2D eigenvalue weighted by Crippen LogP contribution is -2.16. The highest BCUT2D eigenvalue weighted by Crippen LogP contribution is 2.23. The Balaban J connectivity index is 1.63. The Morgan fingerprint density at radius 1 is 1.17 bits per heavy atom. The molecule has 0 radical (unpaired) electrons. The lowest BCUT2D eigenvalue weighted by atomic mass is 10.2. The number of carbonyl (C=O) groups is 1. The number of carbonyl (C=O) groups excluding carboxylic acids is 1. The Bertz CT molecular complexity index is 1180. The number of aromatic nitrogens is 5. The molecule has 9 heteroatoms. The minimum absolute atomic E-state index is 0.240. The first-order valence-corrected chi connectivity index (χ1v) is 9.54. The van der Waals surface area contributed by atoms with Crippen molar-refractivity contribution in [2.24, 2.45) is 0 Å². The molecule has 0 fully saturated rings. The van der Waals surface area contributed by atoms with Gasteiger partial charge in [0.15, 0.2) is 5.69 Å². The van der Waals surface area contributed by atoms with Crippen LogP contribution in [0.15, 0.2) is 65.4 Å². The zero-order chi connectivity index (χ0) is 20.4. The van der Waals surface area contributed by atoms with Gasteiger partial charge in [0.25, 0.3) is 5.91 Å². The summed E-state index contributed by atoms with van der Waals surface area (Å²) in [6, 6.07) is 14.8. The fourth-order valence-electron chi connectivity index (χ4n) is 2.92. The van der Waals surface area contributed by atoms with Crippen molar-refractivity contribution in [2.45, 2.75) is 6.92 Å². The largest absolute Gasteiger partial charge is 0.497 e. The highest BCUT2D eigenvalue weighted by molar-refractivity contribution is 9.10. The molecule has 146 valence electrons. The number of halogens is 1. The van der Waals surface area contributed by atoms with E-state index < -0.39 is 0 Å². The van der Waals surface area contributed by atoms with Crippen LogP contribution in [0.4, 0.5) is 5.69 Å². The van der Waals surface area contributed by atoms with E-state index in [-0.39, 0.29) is 11.6 Å². The number of hydrogen-bond donors (Lipinski definition) is 1. The van der Waals surface area contributed by atoms with Crippen LogP contribution >= 0.6 is 15.9 Å². The van der Waals surface area contributed by atoms with Crippen molar-refractivity contribution < 1.29 is 9.53 Å². The van der Waals surface area contributed by atoms with Gasteiger partial charge in [-0.3, -0.25) is 4.79 Å². The van der Waals surface area contributed by atoms with Gasteiger partial charge >= 0.3 is 0 Å². The van der Waals surface area contributed by atoms with Crippen LogP contribution in [0.5, 0.6) is 5.75 Å². The van der Waals surface area contributed by atoms with Crippen molar-refractivity contribution in [1.82, 2.24) is 24.8 Å². The lowest BCUT2D eigenvalue weighted by Gasteiger charge is -2.10. The van der Waals surface area contributed by atoms with Crippen molar-refractivity contribution in [2.75, 3.05) is 12.4 Å². The first kappa shape index (κ1) is 18.9. The predicted octanol–water partition coefficient (Wildman–Crippen LogP) is 3.78. The normalized spacial score (nSPS) is 10.7. The molecule has 2 aromatic heterocycles. The van der Waals surface area contributed by atoms with Crippen molar-refractivity contribution in [3.05, 3.63) is 76.8 Å². The number of nitrogens with one attached hydrogen (secondary N) is 1. The summed E-state index contributed by atoms with van der Waals surface area (Å²) in [5.41, 5.74) is 2.97. The number of rotatable bonds is 5. The van der Waals surface area contributed by atoms with Crippen molar-refractivity contribution in [3.63, 3.8) is 0 Å². The topological polar surface area (TPSA) is 86.9 Å². The van der Waals surface area contributed by atoms with Gasteiger partial charge in [-0.25, -0.2) is 9.36 Å². The summed E-state index contributed by atoms with van der Waals surface area (Å²) in [5.74, 6) is 0.345. The van der Waals surface area contributed by atoms with Gasteiger partial charge in [0.2, 0.25) is 0 Å². The van der Waals surface area contributed by atoms with Crippen LogP contribution < -0.4 is 10.1 Å². The third kappa shape index (κ3) is 3.77. The lowest BCUT2D eigenvalue weighted by molar-refractivity contribution is 0.102. The molecule has 29 heavy (non-hydrogen) atoms. The van der Waals surface area contributed by atoms with E-state index in [4.69, 9.17) is 4.74 Å². The second kappa shape index (κ2) is 7.88. The Morgan fingerprint density at radius 3 is 2.76 bits per heavy atom. The maximum atomic E-state index is 12.9. The Kier molecular flexibility index (Phi) is 5.13. The number of anilines is 1. The average molecular weight is 453 g/mol. The number of ether oxygens (including phenoxy) is 1. The van der Waals surface area contributed by atoms with Crippen molar-refractivity contribution in [3.8, 4) is 17.1 Å². The minimum atomic E-state index is -0.352. The van der Waals surface area contributed by atoms with Crippen LogP contribution in [0.3, 0.4) is 0 Å². The van der Waals surface area contributed by atoms with E-state index >= 15 is 0 Å². The summed E-state index contributed by atoms with van der Waals surface area (Å²) in [5, 5.41) is 15.4. The van der Waals surface area contributed by atoms with Gasteiger partial charge in [0.1, 0.15) is 5.75 Å². The molecule has 0 unspecified atom stereocenters. The molecular formula is C20H17BrN6O2. The molecular weight excluding hydrogens is 436 g/mol. The predicted molar refractivity (Wildman–Crippen MR) is 112 cm³/mol. The molecule has 0 bridgehead atoms. The third-order valence-electron chi connectivity index (χ3n) is 4.36. The first-order valence-electron chi connectivity index (χ1n) is 8.74. The van der Waals surface area contributed by atoms with Gasteiger partial charge in [-0.05, 0) is 47.1 Å². The molecule has 0 saturated heterocycles. The van der Waals surface area contributed by atoms with Gasteiger partial charge in [0.05, 0.1) is 40.5 Å². The van der Waals surface area contributed by atoms with E-state index in [1.54, 1.807) is 29.6 Å². The summed E-state index contributed by atoms with van der Waals surface area (Å²) in [7, 11) is 1.60. The molecule has 0 atom stereocenters. The van der Waals surface area contributed by atoms with Crippen molar-refractivity contribution >= 4 is 27.5 Å². The number of amides is 1. The number of methoxy groups -OCH3 is 1. The van der Waals surface area contributed by atoms with Crippen LogP contribution in [0.1, 0.15) is 16.2 Å². The zero-order valence-corrected chi connectivity index (χ0v) is 17.3. The number of hydrogen-bond acceptors (Lipinski definition) is 5. The van der Waals surface area contributed by atoms with E-state index in [9.17, 15) is 4.79 Å². The molecule has 4 aromatic rings. The van der Waals surface area contributed by atoms with Gasteiger partial charge in [-0.15, -0.1) is 5.10 Å². The van der Waals surface area contributed by atoms with Crippen LogP contribution in [0.2, 0.25) is 0 Å².